The third-order valence-corrected chi connectivity index (χ3v) is 4.61. The van der Waals surface area contributed by atoms with E-state index in [9.17, 15) is 0 Å². The number of thiophene rings is 1. The first-order valence-corrected chi connectivity index (χ1v) is 7.42. The van der Waals surface area contributed by atoms with Crippen LogP contribution in [0.3, 0.4) is 0 Å². The monoisotopic (exact) mass is 283 g/mol. The highest BCUT2D eigenvalue weighted by atomic mass is 35.5. The normalized spacial score (nSPS) is 12.9. The number of furan rings is 1. The van der Waals surface area contributed by atoms with Crippen molar-refractivity contribution in [1.82, 2.24) is 5.32 Å². The molecule has 0 aliphatic rings. The van der Waals surface area contributed by atoms with Crippen molar-refractivity contribution in [3.8, 4) is 0 Å². The standard InChI is InChI=1S/C14H18ClNOS/c1-4-7-16-13(11-6-5-10(3)17-11)14-12(15)9(2)8-18-14/h5-6,8,13,16H,4,7H2,1-3H3. The lowest BCUT2D eigenvalue weighted by atomic mass is 10.1. The Morgan fingerprint density at radius 3 is 2.67 bits per heavy atom. The van der Waals surface area contributed by atoms with Crippen LogP contribution in [0.5, 0.6) is 0 Å². The van der Waals surface area contributed by atoms with Crippen LogP contribution in [0.15, 0.2) is 21.9 Å². The Balaban J connectivity index is 2.33. The summed E-state index contributed by atoms with van der Waals surface area (Å²) < 4.78 is 5.75. The van der Waals surface area contributed by atoms with Gasteiger partial charge in [-0.2, -0.15) is 0 Å². The zero-order chi connectivity index (χ0) is 13.1. The zero-order valence-electron chi connectivity index (χ0n) is 10.9. The lowest BCUT2D eigenvalue weighted by Crippen LogP contribution is -2.22. The molecule has 1 unspecified atom stereocenters. The summed E-state index contributed by atoms with van der Waals surface area (Å²) in [6.45, 7) is 7.09. The highest BCUT2D eigenvalue weighted by Crippen LogP contribution is 2.36. The number of nitrogens with one attached hydrogen (secondary N) is 1. The molecule has 0 radical (unpaired) electrons. The van der Waals surface area contributed by atoms with Gasteiger partial charge in [0.15, 0.2) is 0 Å². The predicted molar refractivity (Wildman–Crippen MR) is 77.6 cm³/mol. The molecule has 0 aliphatic heterocycles. The van der Waals surface area contributed by atoms with E-state index in [0.29, 0.717) is 0 Å². The second kappa shape index (κ2) is 5.91. The molecule has 18 heavy (non-hydrogen) atoms. The number of aryl methyl sites for hydroxylation is 2. The topological polar surface area (TPSA) is 25.2 Å². The summed E-state index contributed by atoms with van der Waals surface area (Å²) in [7, 11) is 0. The first-order chi connectivity index (χ1) is 8.63. The van der Waals surface area contributed by atoms with Crippen molar-refractivity contribution in [2.45, 2.75) is 33.2 Å². The molecule has 2 aromatic heterocycles. The van der Waals surface area contributed by atoms with Crippen LogP contribution in [-0.2, 0) is 0 Å². The molecule has 1 N–H and O–H groups in total. The van der Waals surface area contributed by atoms with Gasteiger partial charge in [-0.3, -0.25) is 0 Å². The van der Waals surface area contributed by atoms with E-state index < -0.39 is 0 Å². The van der Waals surface area contributed by atoms with Crippen molar-refractivity contribution >= 4 is 22.9 Å². The van der Waals surface area contributed by atoms with Gasteiger partial charge >= 0.3 is 0 Å². The molecule has 0 saturated heterocycles. The third-order valence-electron chi connectivity index (χ3n) is 2.83. The van der Waals surface area contributed by atoms with Crippen molar-refractivity contribution in [3.63, 3.8) is 0 Å². The summed E-state index contributed by atoms with van der Waals surface area (Å²) in [6, 6.07) is 4.07. The summed E-state index contributed by atoms with van der Waals surface area (Å²) in [5, 5.41) is 6.44. The van der Waals surface area contributed by atoms with Gasteiger partial charge in [0.25, 0.3) is 0 Å². The van der Waals surface area contributed by atoms with Crippen LogP contribution in [-0.4, -0.2) is 6.54 Å². The lowest BCUT2D eigenvalue weighted by Gasteiger charge is -2.15. The Kier molecular flexibility index (Phi) is 4.49. The van der Waals surface area contributed by atoms with Crippen LogP contribution in [0.2, 0.25) is 5.02 Å². The van der Waals surface area contributed by atoms with Crippen LogP contribution in [0.25, 0.3) is 0 Å². The average Bonchev–Trinajstić information content (AvgIpc) is 2.90. The van der Waals surface area contributed by atoms with E-state index >= 15 is 0 Å². The molecule has 2 heterocycles. The summed E-state index contributed by atoms with van der Waals surface area (Å²) in [5.41, 5.74) is 1.13. The minimum absolute atomic E-state index is 0.0600. The highest BCUT2D eigenvalue weighted by molar-refractivity contribution is 7.10. The van der Waals surface area contributed by atoms with Crippen LogP contribution in [0.1, 0.15) is 41.3 Å². The van der Waals surface area contributed by atoms with Gasteiger partial charge in [0.1, 0.15) is 17.6 Å². The molecule has 4 heteroatoms. The maximum Gasteiger partial charge on any atom is 0.126 e. The fourth-order valence-electron chi connectivity index (χ4n) is 1.86. The molecule has 2 aromatic rings. The second-order valence-corrected chi connectivity index (χ2v) is 5.72. The maximum atomic E-state index is 6.37. The van der Waals surface area contributed by atoms with E-state index in [0.717, 1.165) is 39.9 Å². The minimum atomic E-state index is 0.0600. The van der Waals surface area contributed by atoms with Gasteiger partial charge in [-0.05, 0) is 49.9 Å². The number of halogens is 1. The van der Waals surface area contributed by atoms with E-state index in [2.05, 4.69) is 17.6 Å². The Morgan fingerprint density at radius 1 is 1.39 bits per heavy atom. The Morgan fingerprint density at radius 2 is 2.17 bits per heavy atom. The summed E-state index contributed by atoms with van der Waals surface area (Å²) in [4.78, 5) is 1.14. The van der Waals surface area contributed by atoms with Gasteiger partial charge < -0.3 is 9.73 Å². The molecule has 0 saturated carbocycles. The highest BCUT2D eigenvalue weighted by Gasteiger charge is 2.22. The fourth-order valence-corrected chi connectivity index (χ4v) is 3.25. The third kappa shape index (κ3) is 2.79. The van der Waals surface area contributed by atoms with E-state index in [1.165, 1.54) is 0 Å². The summed E-state index contributed by atoms with van der Waals surface area (Å²) in [5.74, 6) is 1.86. The van der Waals surface area contributed by atoms with Crippen LogP contribution < -0.4 is 5.32 Å². The van der Waals surface area contributed by atoms with E-state index in [1.54, 1.807) is 11.3 Å². The van der Waals surface area contributed by atoms with Gasteiger partial charge in [0.2, 0.25) is 0 Å². The van der Waals surface area contributed by atoms with Crippen LogP contribution >= 0.6 is 22.9 Å². The maximum absolute atomic E-state index is 6.37. The Bertz CT molecular complexity index is 518. The molecule has 0 amide bonds. The summed E-state index contributed by atoms with van der Waals surface area (Å²) in [6.07, 6.45) is 1.08. The fraction of sp³-hybridized carbons (Fsp3) is 0.429. The van der Waals surface area contributed by atoms with E-state index in [1.807, 2.05) is 26.0 Å². The quantitative estimate of drug-likeness (QED) is 0.860. The Labute approximate surface area is 117 Å². The molecule has 2 nitrogen and oxygen atoms in total. The number of hydrogen-bond acceptors (Lipinski definition) is 3. The molecule has 0 spiro atoms. The van der Waals surface area contributed by atoms with Gasteiger partial charge in [0, 0.05) is 4.88 Å². The molecule has 1 atom stereocenters. The van der Waals surface area contributed by atoms with Crippen LogP contribution in [0, 0.1) is 13.8 Å². The number of rotatable bonds is 5. The van der Waals surface area contributed by atoms with Gasteiger partial charge in [0.05, 0.1) is 5.02 Å². The van der Waals surface area contributed by atoms with Crippen molar-refractivity contribution in [2.24, 2.45) is 0 Å². The van der Waals surface area contributed by atoms with Crippen LogP contribution in [0.4, 0.5) is 0 Å². The second-order valence-electron chi connectivity index (χ2n) is 4.43. The molecule has 0 aliphatic carbocycles. The van der Waals surface area contributed by atoms with Gasteiger partial charge in [-0.25, -0.2) is 0 Å². The molecule has 0 bridgehead atoms. The zero-order valence-corrected chi connectivity index (χ0v) is 12.5. The molecule has 2 rings (SSSR count). The minimum Gasteiger partial charge on any atom is -0.464 e. The van der Waals surface area contributed by atoms with Crippen molar-refractivity contribution in [1.29, 1.82) is 0 Å². The number of hydrogen-bond donors (Lipinski definition) is 1. The molecule has 0 fully saturated rings. The predicted octanol–water partition coefficient (Wildman–Crippen LogP) is 4.70. The van der Waals surface area contributed by atoms with Crippen molar-refractivity contribution in [2.75, 3.05) is 6.54 Å². The molecular formula is C14H18ClNOS. The first kappa shape index (κ1) is 13.7. The molecule has 98 valence electrons. The van der Waals surface area contributed by atoms with Gasteiger partial charge in [-0.15, -0.1) is 11.3 Å². The SMILES string of the molecule is CCCNC(c1ccc(C)o1)c1scc(C)c1Cl. The average molecular weight is 284 g/mol. The smallest absolute Gasteiger partial charge is 0.126 e. The van der Waals surface area contributed by atoms with Crippen molar-refractivity contribution < 1.29 is 4.42 Å². The van der Waals surface area contributed by atoms with Gasteiger partial charge in [-0.1, -0.05) is 18.5 Å². The molecule has 0 aromatic carbocycles. The van der Waals surface area contributed by atoms with E-state index in [-0.39, 0.29) is 6.04 Å². The Hall–Kier alpha value is -0.770. The van der Waals surface area contributed by atoms with Crippen molar-refractivity contribution in [3.05, 3.63) is 44.5 Å². The molecular weight excluding hydrogens is 266 g/mol. The lowest BCUT2D eigenvalue weighted by molar-refractivity contribution is 0.433. The largest absolute Gasteiger partial charge is 0.464 e. The summed E-state index contributed by atoms with van der Waals surface area (Å²) >= 11 is 8.05. The first-order valence-electron chi connectivity index (χ1n) is 6.16. The van der Waals surface area contributed by atoms with E-state index in [4.69, 9.17) is 16.0 Å².